The van der Waals surface area contributed by atoms with Crippen LogP contribution in [-0.4, -0.2) is 5.11 Å². The van der Waals surface area contributed by atoms with Gasteiger partial charge in [0.05, 0.1) is 0 Å². The first-order chi connectivity index (χ1) is 9.47. The highest BCUT2D eigenvalue weighted by Gasteiger charge is 2.15. The fraction of sp³-hybridized carbons (Fsp3) is 0.250. The molecule has 2 N–H and O–H groups in total. The maximum atomic E-state index is 13.2. The summed E-state index contributed by atoms with van der Waals surface area (Å²) in [6.45, 7) is 3.71. The quantitative estimate of drug-likeness (QED) is 0.882. The van der Waals surface area contributed by atoms with E-state index in [1.807, 2.05) is 19.9 Å². The van der Waals surface area contributed by atoms with Crippen LogP contribution in [0.1, 0.15) is 37.1 Å². The van der Waals surface area contributed by atoms with Crippen LogP contribution in [0.25, 0.3) is 0 Å². The summed E-state index contributed by atoms with van der Waals surface area (Å²) in [4.78, 5) is 0. The molecule has 0 fully saturated rings. The summed E-state index contributed by atoms with van der Waals surface area (Å²) in [6.07, 6.45) is 0. The van der Waals surface area contributed by atoms with Crippen LogP contribution in [0.4, 0.5) is 8.78 Å². The lowest BCUT2D eigenvalue weighted by Crippen LogP contribution is -2.22. The van der Waals surface area contributed by atoms with E-state index >= 15 is 0 Å². The molecule has 0 saturated carbocycles. The third kappa shape index (κ3) is 3.33. The Labute approximate surface area is 117 Å². The van der Waals surface area contributed by atoms with Gasteiger partial charge < -0.3 is 10.4 Å². The molecule has 0 radical (unpaired) electrons. The average Bonchev–Trinajstić information content (AvgIpc) is 2.41. The smallest absolute Gasteiger partial charge is 0.123 e. The van der Waals surface area contributed by atoms with Crippen molar-refractivity contribution in [1.29, 1.82) is 0 Å². The van der Waals surface area contributed by atoms with E-state index in [0.29, 0.717) is 5.56 Å². The number of rotatable bonds is 4. The third-order valence-electron chi connectivity index (χ3n) is 3.30. The summed E-state index contributed by atoms with van der Waals surface area (Å²) in [5, 5.41) is 13.0. The molecule has 0 saturated heterocycles. The number of halogens is 2. The SMILES string of the molecule is CC(N[C@H](C)c1cccc(F)c1)c1cc(F)ccc1O. The molecule has 2 aromatic carbocycles. The molecule has 2 aromatic rings. The summed E-state index contributed by atoms with van der Waals surface area (Å²) in [5.41, 5.74) is 1.28. The zero-order chi connectivity index (χ0) is 14.7. The molecule has 4 heteroatoms. The average molecular weight is 277 g/mol. The number of phenolic OH excluding ortho intramolecular Hbond substituents is 1. The fourth-order valence-electron chi connectivity index (χ4n) is 2.21. The first kappa shape index (κ1) is 14.5. The van der Waals surface area contributed by atoms with Crippen molar-refractivity contribution in [3.63, 3.8) is 0 Å². The van der Waals surface area contributed by atoms with Gasteiger partial charge >= 0.3 is 0 Å². The molecular formula is C16H17F2NO. The molecule has 2 rings (SSSR count). The second-order valence-electron chi connectivity index (χ2n) is 4.87. The molecule has 0 bridgehead atoms. The van der Waals surface area contributed by atoms with Crippen LogP contribution in [-0.2, 0) is 0 Å². The number of phenols is 1. The van der Waals surface area contributed by atoms with Gasteiger partial charge in [0.15, 0.2) is 0 Å². The zero-order valence-electron chi connectivity index (χ0n) is 11.4. The Balaban J connectivity index is 2.15. The molecule has 2 nitrogen and oxygen atoms in total. The van der Waals surface area contributed by atoms with Crippen molar-refractivity contribution in [1.82, 2.24) is 5.32 Å². The van der Waals surface area contributed by atoms with Crippen molar-refractivity contribution in [3.8, 4) is 5.75 Å². The molecule has 106 valence electrons. The summed E-state index contributed by atoms with van der Waals surface area (Å²) < 4.78 is 26.4. The molecule has 0 aliphatic heterocycles. The van der Waals surface area contributed by atoms with E-state index in [1.54, 1.807) is 6.07 Å². The molecule has 0 aliphatic rings. The normalized spacial score (nSPS) is 14.0. The lowest BCUT2D eigenvalue weighted by Gasteiger charge is -2.21. The van der Waals surface area contributed by atoms with E-state index < -0.39 is 5.82 Å². The van der Waals surface area contributed by atoms with Gasteiger partial charge in [0, 0.05) is 17.6 Å². The summed E-state index contributed by atoms with van der Waals surface area (Å²) >= 11 is 0. The van der Waals surface area contributed by atoms with Gasteiger partial charge in [-0.3, -0.25) is 0 Å². The maximum absolute atomic E-state index is 13.2. The minimum Gasteiger partial charge on any atom is -0.508 e. The van der Waals surface area contributed by atoms with Crippen molar-refractivity contribution in [3.05, 3.63) is 65.2 Å². The fourth-order valence-corrected chi connectivity index (χ4v) is 2.21. The van der Waals surface area contributed by atoms with Crippen molar-refractivity contribution in [2.75, 3.05) is 0 Å². The highest BCUT2D eigenvalue weighted by molar-refractivity contribution is 5.35. The number of nitrogens with one attached hydrogen (secondary N) is 1. The van der Waals surface area contributed by atoms with Gasteiger partial charge in [0.25, 0.3) is 0 Å². The number of hydrogen-bond acceptors (Lipinski definition) is 2. The largest absolute Gasteiger partial charge is 0.508 e. The number of benzene rings is 2. The van der Waals surface area contributed by atoms with Crippen LogP contribution in [0, 0.1) is 11.6 Å². The summed E-state index contributed by atoms with van der Waals surface area (Å²) in [7, 11) is 0. The van der Waals surface area contributed by atoms with E-state index in [4.69, 9.17) is 0 Å². The van der Waals surface area contributed by atoms with Crippen LogP contribution in [0.3, 0.4) is 0 Å². The Morgan fingerprint density at radius 2 is 1.65 bits per heavy atom. The lowest BCUT2D eigenvalue weighted by atomic mass is 10.0. The van der Waals surface area contributed by atoms with Crippen molar-refractivity contribution >= 4 is 0 Å². The molecule has 20 heavy (non-hydrogen) atoms. The summed E-state index contributed by atoms with van der Waals surface area (Å²) in [5.74, 6) is -0.653. The van der Waals surface area contributed by atoms with E-state index in [2.05, 4.69) is 5.32 Å². The monoisotopic (exact) mass is 277 g/mol. The van der Waals surface area contributed by atoms with Crippen molar-refractivity contribution in [2.24, 2.45) is 0 Å². The van der Waals surface area contributed by atoms with Crippen LogP contribution in [0.15, 0.2) is 42.5 Å². The van der Waals surface area contributed by atoms with Gasteiger partial charge in [0.1, 0.15) is 17.4 Å². The van der Waals surface area contributed by atoms with E-state index in [1.165, 1.54) is 30.3 Å². The zero-order valence-corrected chi connectivity index (χ0v) is 11.4. The van der Waals surface area contributed by atoms with Gasteiger partial charge in [-0.05, 0) is 49.7 Å². The first-order valence-electron chi connectivity index (χ1n) is 6.47. The predicted octanol–water partition coefficient (Wildman–Crippen LogP) is 4.08. The van der Waals surface area contributed by atoms with Crippen LogP contribution in [0.5, 0.6) is 5.75 Å². The van der Waals surface area contributed by atoms with E-state index in [-0.39, 0.29) is 23.7 Å². The molecule has 1 unspecified atom stereocenters. The van der Waals surface area contributed by atoms with Crippen LogP contribution >= 0.6 is 0 Å². The minimum atomic E-state index is -0.398. The van der Waals surface area contributed by atoms with Gasteiger partial charge in [-0.2, -0.15) is 0 Å². The van der Waals surface area contributed by atoms with Gasteiger partial charge in [-0.15, -0.1) is 0 Å². The second-order valence-corrected chi connectivity index (χ2v) is 4.87. The lowest BCUT2D eigenvalue weighted by molar-refractivity contribution is 0.434. The Morgan fingerprint density at radius 1 is 0.950 bits per heavy atom. The predicted molar refractivity (Wildman–Crippen MR) is 74.4 cm³/mol. The topological polar surface area (TPSA) is 32.3 Å². The minimum absolute atomic E-state index is 0.0397. The van der Waals surface area contributed by atoms with Gasteiger partial charge in [0.2, 0.25) is 0 Å². The molecular weight excluding hydrogens is 260 g/mol. The number of aromatic hydroxyl groups is 1. The van der Waals surface area contributed by atoms with Crippen LogP contribution < -0.4 is 5.32 Å². The number of hydrogen-bond donors (Lipinski definition) is 2. The standard InChI is InChI=1S/C16H17F2NO/c1-10(12-4-3-5-13(17)8-12)19-11(2)15-9-14(18)6-7-16(15)20/h3-11,19-20H,1-2H3/t10-,11?/m1/s1. The maximum Gasteiger partial charge on any atom is 0.123 e. The molecule has 0 aliphatic carbocycles. The van der Waals surface area contributed by atoms with Crippen LogP contribution in [0.2, 0.25) is 0 Å². The first-order valence-corrected chi connectivity index (χ1v) is 6.47. The second kappa shape index (κ2) is 6.01. The Kier molecular flexibility index (Phi) is 4.35. The molecule has 2 atom stereocenters. The summed E-state index contributed by atoms with van der Waals surface area (Å²) in [6, 6.07) is 9.76. The van der Waals surface area contributed by atoms with Crippen molar-refractivity contribution in [2.45, 2.75) is 25.9 Å². The Morgan fingerprint density at radius 3 is 2.35 bits per heavy atom. The molecule has 0 heterocycles. The molecule has 0 amide bonds. The van der Waals surface area contributed by atoms with Crippen molar-refractivity contribution < 1.29 is 13.9 Å². The van der Waals surface area contributed by atoms with E-state index in [0.717, 1.165) is 5.56 Å². The van der Waals surface area contributed by atoms with E-state index in [9.17, 15) is 13.9 Å². The molecule has 0 aromatic heterocycles. The molecule has 0 spiro atoms. The highest BCUT2D eigenvalue weighted by Crippen LogP contribution is 2.27. The Hall–Kier alpha value is -1.94. The highest BCUT2D eigenvalue weighted by atomic mass is 19.1. The Bertz CT molecular complexity index is 601. The third-order valence-corrected chi connectivity index (χ3v) is 3.30. The van der Waals surface area contributed by atoms with Gasteiger partial charge in [-0.25, -0.2) is 8.78 Å². The van der Waals surface area contributed by atoms with Gasteiger partial charge in [-0.1, -0.05) is 12.1 Å².